The number of carbonyl (C=O) groups excluding carboxylic acids is 1. The Morgan fingerprint density at radius 2 is 1.44 bits per heavy atom. The fourth-order valence-electron chi connectivity index (χ4n) is 5.84. The molecule has 0 aliphatic carbocycles. The van der Waals surface area contributed by atoms with Gasteiger partial charge >= 0.3 is 5.70 Å². The highest BCUT2D eigenvalue weighted by Crippen LogP contribution is 2.51. The van der Waals surface area contributed by atoms with Crippen molar-refractivity contribution in [1.82, 2.24) is 9.99 Å². The largest absolute Gasteiger partial charge is 0.493 e. The molecule has 212 valence electrons. The second-order valence-corrected chi connectivity index (χ2v) is 10.3. The number of nitro groups is 1. The number of hydrogen-bond donors (Lipinski definition) is 3. The van der Waals surface area contributed by atoms with Crippen molar-refractivity contribution in [3.8, 4) is 5.88 Å². The van der Waals surface area contributed by atoms with E-state index in [-0.39, 0.29) is 18.2 Å². The van der Waals surface area contributed by atoms with Gasteiger partial charge in [-0.15, -0.1) is 5.11 Å². The van der Waals surface area contributed by atoms with Gasteiger partial charge in [0.2, 0.25) is 11.7 Å². The fraction of sp³-hybridized carbons (Fsp3) is 0.0938. The number of amides is 1. The number of rotatable bonds is 8. The molecule has 3 heterocycles. The van der Waals surface area contributed by atoms with Crippen molar-refractivity contribution in [2.75, 3.05) is 10.3 Å². The highest BCUT2D eigenvalue weighted by Gasteiger charge is 2.64. The molecule has 1 amide bonds. The first-order valence-electron chi connectivity index (χ1n) is 13.6. The molecule has 0 saturated carbocycles. The van der Waals surface area contributed by atoms with Crippen molar-refractivity contribution in [3.63, 3.8) is 0 Å². The standard InChI is InChI=1S/C32H25N7O4/c40-30-27(23-15-7-9-17-25(23)37(30)19-21-11-3-1-4-12-21)33-34-29-28(39(42)43)32(36-35-29)24-16-8-10-18-26(24)38(31(32)41)20-22-13-5-2-6-14-22/h1-18,33-34,40H,19-20H2/t32-/m1/s1. The molecule has 2 aliphatic heterocycles. The minimum Gasteiger partial charge on any atom is -0.493 e. The van der Waals surface area contributed by atoms with Gasteiger partial charge in [0, 0.05) is 10.9 Å². The van der Waals surface area contributed by atoms with Crippen LogP contribution in [0, 0.1) is 10.1 Å². The number of aromatic nitrogens is 1. The normalized spacial score (nSPS) is 17.2. The highest BCUT2D eigenvalue weighted by atomic mass is 16.6. The second kappa shape index (κ2) is 10.1. The van der Waals surface area contributed by atoms with Crippen LogP contribution in [0.4, 0.5) is 11.4 Å². The molecule has 0 unspecified atom stereocenters. The van der Waals surface area contributed by atoms with E-state index >= 15 is 0 Å². The monoisotopic (exact) mass is 571 g/mol. The predicted octanol–water partition coefficient (Wildman–Crippen LogP) is 5.67. The van der Waals surface area contributed by atoms with E-state index in [0.717, 1.165) is 16.6 Å². The van der Waals surface area contributed by atoms with E-state index in [2.05, 4.69) is 21.1 Å². The van der Waals surface area contributed by atoms with E-state index in [1.54, 1.807) is 28.8 Å². The summed E-state index contributed by atoms with van der Waals surface area (Å²) in [6.45, 7) is 0.623. The summed E-state index contributed by atoms with van der Waals surface area (Å²) < 4.78 is 1.74. The summed E-state index contributed by atoms with van der Waals surface area (Å²) >= 11 is 0. The molecule has 1 spiro atoms. The summed E-state index contributed by atoms with van der Waals surface area (Å²) in [6, 6.07) is 33.4. The lowest BCUT2D eigenvalue weighted by molar-refractivity contribution is -0.434. The summed E-state index contributed by atoms with van der Waals surface area (Å²) in [5.74, 6) is -0.858. The number of aromatic hydroxyl groups is 1. The van der Waals surface area contributed by atoms with Crippen molar-refractivity contribution in [2.45, 2.75) is 18.6 Å². The van der Waals surface area contributed by atoms with Gasteiger partial charge in [-0.25, -0.2) is 0 Å². The summed E-state index contributed by atoms with van der Waals surface area (Å²) in [6.07, 6.45) is 0. The van der Waals surface area contributed by atoms with Crippen LogP contribution >= 0.6 is 0 Å². The van der Waals surface area contributed by atoms with Crippen LogP contribution in [0.2, 0.25) is 0 Å². The van der Waals surface area contributed by atoms with Crippen LogP contribution < -0.4 is 15.8 Å². The number of nitrogens with one attached hydrogen (secondary N) is 2. The molecular formula is C32H25N7O4. The van der Waals surface area contributed by atoms with Crippen LogP contribution in [-0.4, -0.2) is 20.5 Å². The van der Waals surface area contributed by atoms with E-state index in [9.17, 15) is 20.0 Å². The van der Waals surface area contributed by atoms with E-state index in [4.69, 9.17) is 0 Å². The van der Waals surface area contributed by atoms with Crippen molar-refractivity contribution >= 4 is 28.2 Å². The molecule has 1 atom stereocenters. The van der Waals surface area contributed by atoms with Gasteiger partial charge in [-0.3, -0.25) is 25.8 Å². The van der Waals surface area contributed by atoms with Crippen LogP contribution in [-0.2, 0) is 23.4 Å². The van der Waals surface area contributed by atoms with Crippen molar-refractivity contribution in [2.24, 2.45) is 10.2 Å². The van der Waals surface area contributed by atoms with Crippen LogP contribution in [0.1, 0.15) is 16.7 Å². The van der Waals surface area contributed by atoms with Crippen molar-refractivity contribution in [1.29, 1.82) is 0 Å². The smallest absolute Gasteiger partial charge is 0.335 e. The molecule has 0 saturated heterocycles. The number of carbonyl (C=O) groups is 1. The quantitative estimate of drug-likeness (QED) is 0.162. The first kappa shape index (κ1) is 26.0. The Bertz CT molecular complexity index is 1950. The Balaban J connectivity index is 1.26. The first-order chi connectivity index (χ1) is 21.0. The number of nitrogens with zero attached hydrogens (tertiary/aromatic N) is 5. The molecule has 0 radical (unpaired) electrons. The molecule has 1 aromatic heterocycles. The predicted molar refractivity (Wildman–Crippen MR) is 161 cm³/mol. The van der Waals surface area contributed by atoms with E-state index in [1.807, 2.05) is 84.9 Å². The zero-order valence-electron chi connectivity index (χ0n) is 22.7. The zero-order valence-corrected chi connectivity index (χ0v) is 22.7. The molecule has 4 aromatic carbocycles. The van der Waals surface area contributed by atoms with Crippen LogP contribution in [0.25, 0.3) is 10.9 Å². The van der Waals surface area contributed by atoms with Gasteiger partial charge < -0.3 is 14.6 Å². The van der Waals surface area contributed by atoms with Gasteiger partial charge in [0.25, 0.3) is 11.4 Å². The van der Waals surface area contributed by atoms with Gasteiger partial charge in [-0.1, -0.05) is 97.1 Å². The average Bonchev–Trinajstić information content (AvgIpc) is 3.63. The van der Waals surface area contributed by atoms with Crippen LogP contribution in [0.15, 0.2) is 131 Å². The SMILES string of the molecule is O=C1N(Cc2ccccc2)c2ccccc2[C@]12N=NC(NNc1c(O)n(Cc3ccccc3)c3ccccc13)=C2[N+](=O)[O-]. The number of hydrazine groups is 1. The molecule has 2 aliphatic rings. The Labute approximate surface area is 245 Å². The molecule has 0 fully saturated rings. The molecule has 11 nitrogen and oxygen atoms in total. The maximum atomic E-state index is 14.1. The van der Waals surface area contributed by atoms with Gasteiger partial charge in [0.1, 0.15) is 5.69 Å². The van der Waals surface area contributed by atoms with E-state index in [1.165, 1.54) is 4.90 Å². The number of anilines is 2. The van der Waals surface area contributed by atoms with Gasteiger partial charge in [0.15, 0.2) is 0 Å². The lowest BCUT2D eigenvalue weighted by Crippen LogP contribution is -2.41. The lowest BCUT2D eigenvalue weighted by atomic mass is 9.89. The van der Waals surface area contributed by atoms with E-state index < -0.39 is 22.1 Å². The maximum absolute atomic E-state index is 14.1. The topological polar surface area (TPSA) is 137 Å². The third kappa shape index (κ3) is 4.09. The molecule has 3 N–H and O–H groups in total. The Kier molecular flexibility index (Phi) is 6.12. The minimum atomic E-state index is -1.96. The third-order valence-corrected chi connectivity index (χ3v) is 7.81. The second-order valence-electron chi connectivity index (χ2n) is 10.3. The fourth-order valence-corrected chi connectivity index (χ4v) is 5.84. The average molecular weight is 572 g/mol. The molecule has 43 heavy (non-hydrogen) atoms. The first-order valence-corrected chi connectivity index (χ1v) is 13.6. The molecule has 7 rings (SSSR count). The number of para-hydroxylation sites is 2. The molecular weight excluding hydrogens is 546 g/mol. The molecule has 0 bridgehead atoms. The number of benzene rings is 4. The summed E-state index contributed by atoms with van der Waals surface area (Å²) in [5.41, 5.74) is 7.09. The van der Waals surface area contributed by atoms with Gasteiger partial charge in [-0.05, 0) is 23.3 Å². The van der Waals surface area contributed by atoms with Gasteiger partial charge in [0.05, 0.1) is 29.2 Å². The maximum Gasteiger partial charge on any atom is 0.335 e. The lowest BCUT2D eigenvalue weighted by Gasteiger charge is -2.19. The third-order valence-electron chi connectivity index (χ3n) is 7.81. The van der Waals surface area contributed by atoms with Crippen molar-refractivity contribution < 1.29 is 14.8 Å². The Hall–Kier alpha value is -5.97. The minimum absolute atomic E-state index is 0.0678. The zero-order chi connectivity index (χ0) is 29.6. The number of azo groups is 1. The summed E-state index contributed by atoms with van der Waals surface area (Å²) in [5, 5.41) is 33.0. The van der Waals surface area contributed by atoms with Gasteiger partial charge in [-0.2, -0.15) is 5.11 Å². The summed E-state index contributed by atoms with van der Waals surface area (Å²) in [7, 11) is 0. The summed E-state index contributed by atoms with van der Waals surface area (Å²) in [4.78, 5) is 27.6. The Morgan fingerprint density at radius 3 is 2.16 bits per heavy atom. The number of fused-ring (bicyclic) bond motifs is 3. The van der Waals surface area contributed by atoms with Crippen LogP contribution in [0.5, 0.6) is 5.88 Å². The van der Waals surface area contributed by atoms with E-state index in [0.29, 0.717) is 28.9 Å². The highest BCUT2D eigenvalue weighted by molar-refractivity contribution is 6.10. The Morgan fingerprint density at radius 1 is 0.814 bits per heavy atom. The van der Waals surface area contributed by atoms with Crippen molar-refractivity contribution in [3.05, 3.63) is 148 Å². The molecule has 5 aromatic rings. The number of hydrogen-bond acceptors (Lipinski definition) is 8. The van der Waals surface area contributed by atoms with Crippen LogP contribution in [0.3, 0.4) is 0 Å². The molecule has 11 heteroatoms.